The van der Waals surface area contributed by atoms with Crippen molar-refractivity contribution in [3.63, 3.8) is 0 Å². The highest BCUT2D eigenvalue weighted by Gasteiger charge is 2.10. The first-order chi connectivity index (χ1) is 13.7. The first-order valence-corrected chi connectivity index (χ1v) is 10.0. The zero-order valence-corrected chi connectivity index (χ0v) is 17.9. The van der Waals surface area contributed by atoms with Gasteiger partial charge in [-0.3, -0.25) is 4.79 Å². The predicted molar refractivity (Wildman–Crippen MR) is 115 cm³/mol. The molecule has 0 radical (unpaired) electrons. The lowest BCUT2D eigenvalue weighted by Gasteiger charge is -2.12. The van der Waals surface area contributed by atoms with Gasteiger partial charge in [0, 0.05) is 10.9 Å². The molecule has 0 aliphatic heterocycles. The molecule has 3 aromatic rings. The topological polar surface area (TPSA) is 48.7 Å². The second-order valence-electron chi connectivity index (χ2n) is 5.63. The highest BCUT2D eigenvalue weighted by Crippen LogP contribution is 2.24. The first kappa shape index (κ1) is 23.3. The lowest BCUT2D eigenvalue weighted by molar-refractivity contribution is -0.142. The van der Waals surface area contributed by atoms with Crippen LogP contribution in [-0.2, 0) is 22.6 Å². The van der Waals surface area contributed by atoms with Gasteiger partial charge >= 0.3 is 5.97 Å². The maximum atomic E-state index is 11.7. The maximum absolute atomic E-state index is 11.7. The third-order valence-corrected chi connectivity index (χ3v) is 3.80. The van der Waals surface area contributed by atoms with Gasteiger partial charge in [0.2, 0.25) is 0 Å². The van der Waals surface area contributed by atoms with Crippen LogP contribution in [0, 0.1) is 6.92 Å². The molecular weight excluding hydrogens is 352 g/mol. The van der Waals surface area contributed by atoms with Crippen LogP contribution in [-0.4, -0.2) is 12.6 Å². The second kappa shape index (κ2) is 12.6. The van der Waals surface area contributed by atoms with E-state index >= 15 is 0 Å². The standard InChI is InChI=1S/C20H20O4.2C2H6/c1-3-22-19(21)12-16-6-4-5-7-18(16)24-13-15-10-14(2)20-17(11-15)8-9-23-20;2*1-2/h4-11H,3,12-13H2,1-2H3;2*1-2H3. The molecular formula is C24H32O4. The van der Waals surface area contributed by atoms with Gasteiger partial charge in [0.15, 0.2) is 0 Å². The van der Waals surface area contributed by atoms with E-state index in [9.17, 15) is 4.79 Å². The van der Waals surface area contributed by atoms with Gasteiger partial charge in [0.05, 0.1) is 19.3 Å². The van der Waals surface area contributed by atoms with E-state index in [2.05, 4.69) is 12.1 Å². The summed E-state index contributed by atoms with van der Waals surface area (Å²) in [5.74, 6) is 0.458. The van der Waals surface area contributed by atoms with Gasteiger partial charge in [0.1, 0.15) is 17.9 Å². The quantitative estimate of drug-likeness (QED) is 0.456. The summed E-state index contributed by atoms with van der Waals surface area (Å²) >= 11 is 0. The van der Waals surface area contributed by atoms with Crippen LogP contribution in [0.4, 0.5) is 0 Å². The summed E-state index contributed by atoms with van der Waals surface area (Å²) in [5.41, 5.74) is 3.88. The SMILES string of the molecule is CC.CC.CCOC(=O)Cc1ccccc1OCc1cc(C)c2occc2c1. The van der Waals surface area contributed by atoms with Crippen molar-refractivity contribution in [2.45, 2.75) is 54.6 Å². The molecule has 0 bridgehead atoms. The smallest absolute Gasteiger partial charge is 0.310 e. The van der Waals surface area contributed by atoms with Gasteiger partial charge < -0.3 is 13.9 Å². The van der Waals surface area contributed by atoms with Crippen molar-refractivity contribution in [2.75, 3.05) is 6.61 Å². The summed E-state index contributed by atoms with van der Waals surface area (Å²) in [7, 11) is 0. The minimum atomic E-state index is -0.246. The molecule has 0 atom stereocenters. The summed E-state index contributed by atoms with van der Waals surface area (Å²) in [5, 5.41) is 1.06. The van der Waals surface area contributed by atoms with Crippen molar-refractivity contribution in [1.29, 1.82) is 0 Å². The number of carbonyl (C=O) groups is 1. The molecule has 152 valence electrons. The number of ether oxygens (including phenoxy) is 2. The fraction of sp³-hybridized carbons (Fsp3) is 0.375. The molecule has 0 fully saturated rings. The van der Waals surface area contributed by atoms with Crippen LogP contribution in [0.3, 0.4) is 0 Å². The average molecular weight is 385 g/mol. The molecule has 3 rings (SSSR count). The molecule has 0 saturated heterocycles. The molecule has 0 saturated carbocycles. The van der Waals surface area contributed by atoms with Crippen molar-refractivity contribution >= 4 is 16.9 Å². The first-order valence-electron chi connectivity index (χ1n) is 10.0. The van der Waals surface area contributed by atoms with Crippen LogP contribution in [0.25, 0.3) is 11.0 Å². The van der Waals surface area contributed by atoms with Crippen molar-refractivity contribution < 1.29 is 18.7 Å². The highest BCUT2D eigenvalue weighted by molar-refractivity contribution is 5.81. The predicted octanol–water partition coefficient (Wildman–Crippen LogP) is 6.48. The number of fused-ring (bicyclic) bond motifs is 1. The van der Waals surface area contributed by atoms with Crippen LogP contribution in [0.2, 0.25) is 0 Å². The molecule has 0 unspecified atom stereocenters. The Balaban J connectivity index is 0.000000921. The molecule has 1 aromatic heterocycles. The Kier molecular flexibility index (Phi) is 10.5. The molecule has 0 aliphatic carbocycles. The summed E-state index contributed by atoms with van der Waals surface area (Å²) in [6.07, 6.45) is 1.90. The highest BCUT2D eigenvalue weighted by atomic mass is 16.5. The van der Waals surface area contributed by atoms with E-state index in [0.717, 1.165) is 27.7 Å². The number of furan rings is 1. The maximum Gasteiger partial charge on any atom is 0.310 e. The lowest BCUT2D eigenvalue weighted by atomic mass is 10.1. The number of benzene rings is 2. The zero-order chi connectivity index (χ0) is 20.9. The normalized spacial score (nSPS) is 9.64. The van der Waals surface area contributed by atoms with E-state index < -0.39 is 0 Å². The summed E-state index contributed by atoms with van der Waals surface area (Å²) in [4.78, 5) is 11.7. The van der Waals surface area contributed by atoms with Gasteiger partial charge in [-0.15, -0.1) is 0 Å². The van der Waals surface area contributed by atoms with Gasteiger partial charge in [0.25, 0.3) is 0 Å². The van der Waals surface area contributed by atoms with Crippen LogP contribution in [0.5, 0.6) is 5.75 Å². The average Bonchev–Trinajstić information content (AvgIpc) is 3.20. The van der Waals surface area contributed by atoms with Crippen LogP contribution in [0.1, 0.15) is 51.3 Å². The van der Waals surface area contributed by atoms with E-state index in [4.69, 9.17) is 13.9 Å². The number of esters is 1. The molecule has 0 N–H and O–H groups in total. The van der Waals surface area contributed by atoms with Crippen molar-refractivity contribution in [1.82, 2.24) is 0 Å². The molecule has 4 heteroatoms. The zero-order valence-electron chi connectivity index (χ0n) is 17.9. The number of rotatable bonds is 6. The van der Waals surface area contributed by atoms with Crippen LogP contribution in [0.15, 0.2) is 53.1 Å². The number of hydrogen-bond donors (Lipinski definition) is 0. The summed E-state index contributed by atoms with van der Waals surface area (Å²) in [6, 6.07) is 13.6. The minimum absolute atomic E-state index is 0.212. The van der Waals surface area contributed by atoms with E-state index in [-0.39, 0.29) is 12.4 Å². The summed E-state index contributed by atoms with van der Waals surface area (Å²) < 4.78 is 16.4. The molecule has 0 amide bonds. The Bertz CT molecular complexity index is 849. The Labute approximate surface area is 168 Å². The van der Waals surface area contributed by atoms with E-state index in [1.807, 2.05) is 65.0 Å². The third-order valence-electron chi connectivity index (χ3n) is 3.80. The molecule has 0 spiro atoms. The van der Waals surface area contributed by atoms with Crippen molar-refractivity contribution in [3.8, 4) is 5.75 Å². The van der Waals surface area contributed by atoms with E-state index in [0.29, 0.717) is 19.0 Å². The van der Waals surface area contributed by atoms with Crippen LogP contribution >= 0.6 is 0 Å². The monoisotopic (exact) mass is 384 g/mol. The fourth-order valence-corrected chi connectivity index (χ4v) is 2.74. The minimum Gasteiger partial charge on any atom is -0.489 e. The molecule has 2 aromatic carbocycles. The Hall–Kier alpha value is -2.75. The van der Waals surface area contributed by atoms with E-state index in [1.54, 1.807) is 13.2 Å². The Morgan fingerprint density at radius 1 is 1.04 bits per heavy atom. The number of para-hydroxylation sites is 1. The fourth-order valence-electron chi connectivity index (χ4n) is 2.74. The van der Waals surface area contributed by atoms with Gasteiger partial charge in [-0.05, 0) is 49.2 Å². The molecule has 4 nitrogen and oxygen atoms in total. The van der Waals surface area contributed by atoms with Crippen LogP contribution < -0.4 is 4.74 Å². The van der Waals surface area contributed by atoms with Gasteiger partial charge in [-0.1, -0.05) is 45.9 Å². The van der Waals surface area contributed by atoms with Gasteiger partial charge in [-0.25, -0.2) is 0 Å². The Morgan fingerprint density at radius 3 is 2.46 bits per heavy atom. The molecule has 1 heterocycles. The van der Waals surface area contributed by atoms with E-state index in [1.165, 1.54) is 0 Å². The molecule has 28 heavy (non-hydrogen) atoms. The largest absolute Gasteiger partial charge is 0.489 e. The summed E-state index contributed by atoms with van der Waals surface area (Å²) in [6.45, 7) is 12.6. The van der Waals surface area contributed by atoms with Gasteiger partial charge in [-0.2, -0.15) is 0 Å². The number of aryl methyl sites for hydroxylation is 1. The van der Waals surface area contributed by atoms with Crippen molar-refractivity contribution in [3.05, 3.63) is 65.4 Å². The number of hydrogen-bond acceptors (Lipinski definition) is 4. The second-order valence-corrected chi connectivity index (χ2v) is 5.63. The van der Waals surface area contributed by atoms with Crippen molar-refractivity contribution in [2.24, 2.45) is 0 Å². The molecule has 0 aliphatic rings. The number of carbonyl (C=O) groups excluding carboxylic acids is 1. The lowest BCUT2D eigenvalue weighted by Crippen LogP contribution is -2.09. The third kappa shape index (κ3) is 6.45. The Morgan fingerprint density at radius 2 is 1.75 bits per heavy atom.